The van der Waals surface area contributed by atoms with Crippen molar-refractivity contribution in [3.05, 3.63) is 5.21 Å². The van der Waals surface area contributed by atoms with Crippen molar-refractivity contribution in [2.24, 2.45) is 0 Å². The Balaban J connectivity index is -0.000000245. The zero-order chi connectivity index (χ0) is 6.57. The zero-order valence-corrected chi connectivity index (χ0v) is 7.36. The molecular weight excluding hydrogens is 153 g/mol. The van der Waals surface area contributed by atoms with Gasteiger partial charge in [-0.15, -0.1) is 0 Å². The van der Waals surface area contributed by atoms with E-state index in [1.165, 1.54) is 0 Å². The Morgan fingerprint density at radius 1 is 1.60 bits per heavy atom. The Morgan fingerprint density at radius 2 is 2.00 bits per heavy atom. The predicted molar refractivity (Wildman–Crippen MR) is 25.2 cm³/mol. The monoisotopic (exact) mass is 158 g/mol. The van der Waals surface area contributed by atoms with Gasteiger partial charge in [0.25, 0.3) is 0 Å². The number of hydroxylamine groups is 2. The number of aldehydes is 1. The molecule has 7 heteroatoms. The Hall–Kier alpha value is 0.0200. The molecule has 0 rings (SSSR count). The Bertz CT molecular complexity index is 105. The molecule has 0 saturated carbocycles. The van der Waals surface area contributed by atoms with Crippen LogP contribution < -0.4 is 29.6 Å². The molecule has 0 unspecified atom stereocenters. The van der Waals surface area contributed by atoms with Crippen LogP contribution in [0.3, 0.4) is 0 Å². The van der Waals surface area contributed by atoms with Gasteiger partial charge in [-0.1, -0.05) is 5.21 Å². The second-order valence-electron chi connectivity index (χ2n) is 1.02. The molecule has 0 aromatic heterocycles. The van der Waals surface area contributed by atoms with Crippen molar-refractivity contribution in [3.63, 3.8) is 0 Å². The Labute approximate surface area is 78.9 Å². The van der Waals surface area contributed by atoms with Gasteiger partial charge in [-0.2, -0.15) is 0 Å². The first-order valence-corrected chi connectivity index (χ1v) is 1.79. The third-order valence-electron chi connectivity index (χ3n) is 0.462. The van der Waals surface area contributed by atoms with Crippen molar-refractivity contribution in [1.82, 2.24) is 5.23 Å². The van der Waals surface area contributed by atoms with Gasteiger partial charge in [0.1, 0.15) is 6.29 Å². The molecule has 0 aliphatic carbocycles. The van der Waals surface area contributed by atoms with E-state index in [0.717, 1.165) is 0 Å². The first-order valence-electron chi connectivity index (χ1n) is 1.79. The summed E-state index contributed by atoms with van der Waals surface area (Å²) in [7, 11) is 0. The summed E-state index contributed by atoms with van der Waals surface area (Å²) >= 11 is 0. The summed E-state index contributed by atoms with van der Waals surface area (Å²) in [5, 5.41) is 17.7. The molecule has 0 atom stereocenters. The maximum Gasteiger partial charge on any atom is 1.00 e. The van der Waals surface area contributed by atoms with Crippen molar-refractivity contribution in [3.8, 4) is 0 Å². The van der Waals surface area contributed by atoms with Crippen LogP contribution in [0.4, 0.5) is 0 Å². The fraction of sp³-hybridized carbons (Fsp3) is 0.333. The second kappa shape index (κ2) is 9.02. The maximum atomic E-state index is 9.81. The molecule has 0 aliphatic heterocycles. The average molecular weight is 158 g/mol. The minimum Gasteiger partial charge on any atom is -0.729 e. The van der Waals surface area contributed by atoms with Crippen LogP contribution in [-0.2, 0) is 14.8 Å². The first-order chi connectivity index (χ1) is 3.68. The number of rotatable bonds is 2. The SMILES string of the molecule is O.[Na+].[O]N([O-])C(=O)CC=O. The van der Waals surface area contributed by atoms with Crippen LogP contribution in [0.1, 0.15) is 6.42 Å². The number of hydrogen-bond donors (Lipinski definition) is 0. The van der Waals surface area contributed by atoms with Crippen molar-refractivity contribution in [1.29, 1.82) is 0 Å². The largest absolute Gasteiger partial charge is 1.00 e. The van der Waals surface area contributed by atoms with Crippen LogP contribution in [0.25, 0.3) is 0 Å². The Kier molecular flexibility index (Phi) is 14.9. The molecule has 0 aliphatic rings. The molecular formula is C3H5NNaO5. The molecule has 1 radical (unpaired) electrons. The molecule has 2 N–H and O–H groups in total. The summed E-state index contributed by atoms with van der Waals surface area (Å²) in [5.74, 6) is -1.26. The van der Waals surface area contributed by atoms with E-state index in [4.69, 9.17) is 0 Å². The van der Waals surface area contributed by atoms with Gasteiger partial charge in [-0.3, -0.25) is 10.0 Å². The van der Waals surface area contributed by atoms with Crippen LogP contribution >= 0.6 is 0 Å². The minimum atomic E-state index is -1.26. The molecule has 0 spiro atoms. The van der Waals surface area contributed by atoms with E-state index in [2.05, 4.69) is 0 Å². The molecule has 0 bridgehead atoms. The van der Waals surface area contributed by atoms with E-state index in [1.54, 1.807) is 0 Å². The van der Waals surface area contributed by atoms with E-state index < -0.39 is 17.6 Å². The fourth-order valence-corrected chi connectivity index (χ4v) is 0.146. The van der Waals surface area contributed by atoms with Gasteiger partial charge in [0.05, 0.1) is 6.42 Å². The van der Waals surface area contributed by atoms with Crippen molar-refractivity contribution in [2.75, 3.05) is 0 Å². The van der Waals surface area contributed by atoms with Gasteiger partial charge < -0.3 is 15.5 Å². The smallest absolute Gasteiger partial charge is 0.729 e. The molecule has 0 aromatic rings. The van der Waals surface area contributed by atoms with Gasteiger partial charge in [0, 0.05) is 0 Å². The predicted octanol–water partition coefficient (Wildman–Crippen LogP) is -4.57. The Morgan fingerprint density at radius 3 is 2.10 bits per heavy atom. The number of carbonyl (C=O) groups excluding carboxylic acids is 2. The zero-order valence-electron chi connectivity index (χ0n) is 5.36. The number of hydrogen-bond acceptors (Lipinski definition) is 3. The molecule has 0 heterocycles. The topological polar surface area (TPSA) is 112 Å². The fourth-order valence-electron chi connectivity index (χ4n) is 0.146. The van der Waals surface area contributed by atoms with Crippen molar-refractivity contribution in [2.45, 2.75) is 6.42 Å². The second-order valence-corrected chi connectivity index (χ2v) is 1.02. The van der Waals surface area contributed by atoms with Crippen LogP contribution in [-0.4, -0.2) is 22.9 Å². The van der Waals surface area contributed by atoms with Gasteiger partial charge in [-0.05, 0) is 0 Å². The molecule has 0 aromatic carbocycles. The van der Waals surface area contributed by atoms with E-state index in [0.29, 0.717) is 0 Å². The van der Waals surface area contributed by atoms with E-state index in [9.17, 15) is 20.0 Å². The first kappa shape index (κ1) is 16.5. The summed E-state index contributed by atoms with van der Waals surface area (Å²) in [5.41, 5.74) is 0. The number of amides is 1. The maximum absolute atomic E-state index is 9.81. The number of carbonyl (C=O) groups is 2. The molecule has 53 valence electrons. The summed E-state index contributed by atoms with van der Waals surface area (Å²) in [6.45, 7) is 0. The van der Waals surface area contributed by atoms with Gasteiger partial charge in [0.2, 0.25) is 5.91 Å². The van der Waals surface area contributed by atoms with Gasteiger partial charge in [0.15, 0.2) is 0 Å². The number of nitrogens with zero attached hydrogens (tertiary/aromatic N) is 1. The van der Waals surface area contributed by atoms with Gasteiger partial charge >= 0.3 is 29.6 Å². The normalized spacial score (nSPS) is 6.60. The van der Waals surface area contributed by atoms with Crippen LogP contribution in [0.5, 0.6) is 0 Å². The third-order valence-corrected chi connectivity index (χ3v) is 0.462. The average Bonchev–Trinajstić information content (AvgIpc) is 1.67. The quantitative estimate of drug-likeness (QED) is 0.174. The summed E-state index contributed by atoms with van der Waals surface area (Å²) in [4.78, 5) is 19.2. The third kappa shape index (κ3) is 8.02. The van der Waals surface area contributed by atoms with E-state index in [-0.39, 0.29) is 41.3 Å². The minimum absolute atomic E-state index is 0. The van der Waals surface area contributed by atoms with Crippen molar-refractivity contribution < 1.29 is 49.8 Å². The van der Waals surface area contributed by atoms with Crippen LogP contribution in [0, 0.1) is 5.21 Å². The molecule has 0 fully saturated rings. The van der Waals surface area contributed by atoms with Crippen molar-refractivity contribution >= 4 is 12.2 Å². The molecule has 6 nitrogen and oxygen atoms in total. The standard InChI is InChI=1S/C3H3NO4.Na.H2O/c5-2-1-3(6)4(7)8;;/h2H,1H2;;1H2/q-1;+1;. The van der Waals surface area contributed by atoms with E-state index >= 15 is 0 Å². The summed E-state index contributed by atoms with van der Waals surface area (Å²) in [6, 6.07) is 0. The summed E-state index contributed by atoms with van der Waals surface area (Å²) < 4.78 is 0. The molecule has 10 heavy (non-hydrogen) atoms. The van der Waals surface area contributed by atoms with Crippen LogP contribution in [0.15, 0.2) is 0 Å². The summed E-state index contributed by atoms with van der Waals surface area (Å²) in [6.07, 6.45) is -0.432. The van der Waals surface area contributed by atoms with Crippen LogP contribution in [0.2, 0.25) is 0 Å². The van der Waals surface area contributed by atoms with Gasteiger partial charge in [-0.25, -0.2) is 0 Å². The molecule has 0 saturated heterocycles. The molecule has 1 amide bonds. The van der Waals surface area contributed by atoms with E-state index in [1.807, 2.05) is 0 Å².